The molecule has 3 N–H and O–H groups in total. The topological polar surface area (TPSA) is 95.1 Å². The predicted octanol–water partition coefficient (Wildman–Crippen LogP) is 4.18. The number of amides is 1. The number of carbonyl (C=O) groups is 1. The zero-order chi connectivity index (χ0) is 24.0. The van der Waals surface area contributed by atoms with Crippen LogP contribution in [0, 0.1) is 25.2 Å². The number of carbonyl (C=O) groups excluding carboxylic acids is 1. The molecule has 2 aromatic carbocycles. The van der Waals surface area contributed by atoms with Crippen molar-refractivity contribution < 1.29 is 9.90 Å². The number of rotatable bonds is 4. The van der Waals surface area contributed by atoms with Crippen molar-refractivity contribution in [3.8, 4) is 11.1 Å². The molecule has 2 fully saturated rings. The molecule has 0 bridgehead atoms. The highest BCUT2D eigenvalue weighted by Crippen LogP contribution is 2.59. The number of H-pyrrole nitrogens is 1. The third-order valence-corrected chi connectivity index (χ3v) is 8.20. The van der Waals surface area contributed by atoms with E-state index in [1.54, 1.807) is 12.4 Å². The zero-order valence-electron chi connectivity index (χ0n) is 19.8. The van der Waals surface area contributed by atoms with Crippen molar-refractivity contribution >= 4 is 5.91 Å². The fourth-order valence-electron chi connectivity index (χ4n) is 6.41. The highest BCUT2D eigenvalue weighted by Gasteiger charge is 2.60. The van der Waals surface area contributed by atoms with Crippen LogP contribution in [0.4, 0.5) is 0 Å². The maximum absolute atomic E-state index is 13.0. The molecular formula is C28H31N3O3. The Morgan fingerprint density at radius 3 is 2.50 bits per heavy atom. The van der Waals surface area contributed by atoms with Gasteiger partial charge in [-0.15, -0.1) is 0 Å². The van der Waals surface area contributed by atoms with E-state index in [-0.39, 0.29) is 29.4 Å². The van der Waals surface area contributed by atoms with Crippen LogP contribution in [0.25, 0.3) is 11.1 Å². The minimum absolute atomic E-state index is 0.0132. The van der Waals surface area contributed by atoms with Gasteiger partial charge >= 0.3 is 5.69 Å². The summed E-state index contributed by atoms with van der Waals surface area (Å²) in [6, 6.07) is 14.9. The Labute approximate surface area is 199 Å². The van der Waals surface area contributed by atoms with Crippen LogP contribution >= 0.6 is 0 Å². The molecule has 1 aliphatic carbocycles. The summed E-state index contributed by atoms with van der Waals surface area (Å²) in [4.78, 5) is 30.9. The fraction of sp³-hybridized carbons (Fsp3) is 0.393. The summed E-state index contributed by atoms with van der Waals surface area (Å²) in [7, 11) is 0. The number of aromatic nitrogens is 2. The molecule has 2 heterocycles. The number of nitrogens with zero attached hydrogens (tertiary/aromatic N) is 1. The van der Waals surface area contributed by atoms with Gasteiger partial charge in [-0.3, -0.25) is 4.79 Å². The molecule has 2 aliphatic rings. The Morgan fingerprint density at radius 2 is 1.85 bits per heavy atom. The van der Waals surface area contributed by atoms with Gasteiger partial charge in [0.2, 0.25) is 5.91 Å². The summed E-state index contributed by atoms with van der Waals surface area (Å²) < 4.78 is 0. The minimum atomic E-state index is -0.853. The van der Waals surface area contributed by atoms with Gasteiger partial charge in [0.05, 0.1) is 5.41 Å². The van der Waals surface area contributed by atoms with E-state index in [2.05, 4.69) is 78.5 Å². The van der Waals surface area contributed by atoms with Gasteiger partial charge in [0.15, 0.2) is 0 Å². The van der Waals surface area contributed by atoms with Crippen LogP contribution < -0.4 is 11.0 Å². The summed E-state index contributed by atoms with van der Waals surface area (Å²) in [5.74, 6) is -0.00494. The van der Waals surface area contributed by atoms with Gasteiger partial charge in [-0.05, 0) is 67.2 Å². The molecule has 3 aromatic rings. The zero-order valence-corrected chi connectivity index (χ0v) is 19.8. The van der Waals surface area contributed by atoms with Gasteiger partial charge in [-0.25, -0.2) is 9.78 Å². The highest BCUT2D eigenvalue weighted by molar-refractivity contribution is 5.86. The number of aryl methyl sites for hydroxylation is 2. The largest absolute Gasteiger partial charge is 0.373 e. The molecule has 34 heavy (non-hydrogen) atoms. The quantitative estimate of drug-likeness (QED) is 0.548. The Kier molecular flexibility index (Phi) is 5.64. The van der Waals surface area contributed by atoms with E-state index in [0.717, 1.165) is 29.5 Å². The van der Waals surface area contributed by atoms with Crippen LogP contribution in [0.1, 0.15) is 60.3 Å². The third-order valence-electron chi connectivity index (χ3n) is 8.20. The number of benzene rings is 2. The van der Waals surface area contributed by atoms with Crippen LogP contribution in [0.5, 0.6) is 0 Å². The monoisotopic (exact) mass is 457 g/mol. The second-order valence-electron chi connectivity index (χ2n) is 9.91. The molecule has 0 spiro atoms. The Balaban J connectivity index is 1.60. The fourth-order valence-corrected chi connectivity index (χ4v) is 6.41. The summed E-state index contributed by atoms with van der Waals surface area (Å²) >= 11 is 0. The Hall–Kier alpha value is -3.25. The highest BCUT2D eigenvalue weighted by atomic mass is 16.3. The SMILES string of the molecule is CC[C@@]12CC[C@@H](c3ccc(-c4cnc(=O)[nH]c4)cc3C)[C@H](c3ccc(C)cc3)[C@@H]1C(O)NC2=O. The van der Waals surface area contributed by atoms with Crippen molar-refractivity contribution in [3.05, 3.63) is 87.6 Å². The lowest BCUT2D eigenvalue weighted by molar-refractivity contribution is -0.131. The number of hydrogen-bond acceptors (Lipinski definition) is 4. The number of aromatic amines is 1. The summed E-state index contributed by atoms with van der Waals surface area (Å²) in [5.41, 5.74) is 5.70. The first-order valence-corrected chi connectivity index (χ1v) is 12.1. The number of aliphatic hydroxyl groups is 1. The average Bonchev–Trinajstić information content (AvgIpc) is 3.09. The normalized spacial score (nSPS) is 28.4. The molecule has 1 saturated carbocycles. The third kappa shape index (κ3) is 3.57. The standard InChI is InChI=1S/C28H31N3O3/c1-4-28-12-11-22(21-10-9-19(13-17(21)3)20-14-29-27(34)30-15-20)23(18-7-5-16(2)6-8-18)24(28)25(32)31-26(28)33/h5-10,13-15,22-25,32H,4,11-12H2,1-3H3,(H,31,33)(H,29,30,34)/t22-,23-,24+,25?,28+/m0/s1. The molecule has 6 nitrogen and oxygen atoms in total. The summed E-state index contributed by atoms with van der Waals surface area (Å²) in [5, 5.41) is 13.9. The molecule has 176 valence electrons. The lowest BCUT2D eigenvalue weighted by Crippen LogP contribution is -2.44. The van der Waals surface area contributed by atoms with Gasteiger partial charge in [0.1, 0.15) is 6.23 Å². The van der Waals surface area contributed by atoms with Gasteiger partial charge < -0.3 is 15.4 Å². The molecule has 5 atom stereocenters. The van der Waals surface area contributed by atoms with E-state index >= 15 is 0 Å². The maximum atomic E-state index is 13.0. The van der Waals surface area contributed by atoms with E-state index in [4.69, 9.17) is 0 Å². The van der Waals surface area contributed by atoms with Crippen LogP contribution in [-0.2, 0) is 4.79 Å². The average molecular weight is 458 g/mol. The molecule has 1 unspecified atom stereocenters. The van der Waals surface area contributed by atoms with Crippen LogP contribution in [-0.4, -0.2) is 27.2 Å². The Bertz CT molecular complexity index is 1260. The van der Waals surface area contributed by atoms with E-state index in [0.29, 0.717) is 6.42 Å². The van der Waals surface area contributed by atoms with E-state index < -0.39 is 11.6 Å². The van der Waals surface area contributed by atoms with Crippen molar-refractivity contribution in [2.45, 2.75) is 58.1 Å². The Morgan fingerprint density at radius 1 is 1.09 bits per heavy atom. The van der Waals surface area contributed by atoms with E-state index in [9.17, 15) is 14.7 Å². The van der Waals surface area contributed by atoms with Gasteiger partial charge in [0, 0.05) is 23.9 Å². The summed E-state index contributed by atoms with van der Waals surface area (Å²) in [6.45, 7) is 6.25. The number of hydrogen-bond donors (Lipinski definition) is 3. The predicted molar refractivity (Wildman–Crippen MR) is 131 cm³/mol. The lowest BCUT2D eigenvalue weighted by Gasteiger charge is -2.47. The molecule has 1 aromatic heterocycles. The first-order valence-electron chi connectivity index (χ1n) is 12.1. The van der Waals surface area contributed by atoms with Gasteiger partial charge in [0.25, 0.3) is 0 Å². The minimum Gasteiger partial charge on any atom is -0.373 e. The smallest absolute Gasteiger partial charge is 0.344 e. The van der Waals surface area contributed by atoms with Crippen molar-refractivity contribution in [2.75, 3.05) is 0 Å². The van der Waals surface area contributed by atoms with Crippen LogP contribution in [0.2, 0.25) is 0 Å². The molecule has 6 heteroatoms. The first kappa shape index (κ1) is 22.5. The number of nitrogens with one attached hydrogen (secondary N) is 2. The number of fused-ring (bicyclic) bond motifs is 1. The molecule has 1 saturated heterocycles. The van der Waals surface area contributed by atoms with Crippen LogP contribution in [0.15, 0.2) is 59.7 Å². The second-order valence-corrected chi connectivity index (χ2v) is 9.91. The first-order chi connectivity index (χ1) is 16.3. The van der Waals surface area contributed by atoms with Crippen molar-refractivity contribution in [1.29, 1.82) is 0 Å². The number of aliphatic hydroxyl groups excluding tert-OH is 1. The van der Waals surface area contributed by atoms with Gasteiger partial charge in [-0.1, -0.05) is 55.0 Å². The van der Waals surface area contributed by atoms with E-state index in [1.165, 1.54) is 16.7 Å². The van der Waals surface area contributed by atoms with Gasteiger partial charge in [-0.2, -0.15) is 0 Å². The van der Waals surface area contributed by atoms with Crippen molar-refractivity contribution in [2.24, 2.45) is 11.3 Å². The van der Waals surface area contributed by atoms with Crippen molar-refractivity contribution in [3.63, 3.8) is 0 Å². The van der Waals surface area contributed by atoms with Crippen molar-refractivity contribution in [1.82, 2.24) is 15.3 Å². The molecule has 0 radical (unpaired) electrons. The molecule has 1 amide bonds. The second kappa shape index (κ2) is 8.51. The molecule has 1 aliphatic heterocycles. The summed E-state index contributed by atoms with van der Waals surface area (Å²) in [6.07, 6.45) is 4.77. The van der Waals surface area contributed by atoms with Crippen LogP contribution in [0.3, 0.4) is 0 Å². The maximum Gasteiger partial charge on any atom is 0.344 e. The van der Waals surface area contributed by atoms with E-state index in [1.807, 2.05) is 0 Å². The lowest BCUT2D eigenvalue weighted by atomic mass is 9.55. The molecular weight excluding hydrogens is 426 g/mol. The molecule has 5 rings (SSSR count).